The molecule has 0 nitrogen and oxygen atoms in total. The van der Waals surface area contributed by atoms with Crippen LogP contribution in [0.4, 0.5) is 0 Å². The summed E-state index contributed by atoms with van der Waals surface area (Å²) in [5, 5.41) is 0. The van der Waals surface area contributed by atoms with Gasteiger partial charge in [-0.05, 0) is 44.3 Å². The standard InChI is InChI=1S/C15H20/c1-4-6-7-10-14-11-8-9-12-15(14)13(3)5-2/h4-7,9,12H,1,8,10-11H2,2-3H3. The summed E-state index contributed by atoms with van der Waals surface area (Å²) in [5.74, 6) is 0. The molecule has 0 aromatic heterocycles. The van der Waals surface area contributed by atoms with Gasteiger partial charge in [-0.2, -0.15) is 0 Å². The molecule has 0 heterocycles. The second-order valence-electron chi connectivity index (χ2n) is 3.80. The van der Waals surface area contributed by atoms with Gasteiger partial charge in [-0.25, -0.2) is 0 Å². The van der Waals surface area contributed by atoms with E-state index in [0.717, 1.165) is 6.42 Å². The van der Waals surface area contributed by atoms with Crippen LogP contribution in [-0.4, -0.2) is 0 Å². The highest BCUT2D eigenvalue weighted by molar-refractivity contribution is 5.44. The maximum atomic E-state index is 3.69. The summed E-state index contributed by atoms with van der Waals surface area (Å²) in [6.45, 7) is 7.97. The Balaban J connectivity index is 2.86. The van der Waals surface area contributed by atoms with E-state index in [1.165, 1.54) is 24.0 Å². The molecule has 0 heteroatoms. The van der Waals surface area contributed by atoms with E-state index in [1.54, 1.807) is 5.57 Å². The average Bonchev–Trinajstić information content (AvgIpc) is 2.29. The molecule has 0 saturated heterocycles. The molecule has 80 valence electrons. The molecule has 0 aliphatic heterocycles. The van der Waals surface area contributed by atoms with Crippen LogP contribution >= 0.6 is 0 Å². The lowest BCUT2D eigenvalue weighted by Crippen LogP contribution is -1.95. The molecule has 1 rings (SSSR count). The van der Waals surface area contributed by atoms with Gasteiger partial charge in [0, 0.05) is 0 Å². The van der Waals surface area contributed by atoms with Crippen molar-refractivity contribution in [3.63, 3.8) is 0 Å². The first-order valence-electron chi connectivity index (χ1n) is 5.59. The van der Waals surface area contributed by atoms with Gasteiger partial charge in [-0.15, -0.1) is 0 Å². The van der Waals surface area contributed by atoms with E-state index < -0.39 is 0 Å². The molecule has 1 aliphatic rings. The Morgan fingerprint density at radius 3 is 3.00 bits per heavy atom. The lowest BCUT2D eigenvalue weighted by atomic mass is 9.91. The van der Waals surface area contributed by atoms with Gasteiger partial charge in [0.25, 0.3) is 0 Å². The molecular formula is C15H20. The summed E-state index contributed by atoms with van der Waals surface area (Å²) in [6, 6.07) is 0. The smallest absolute Gasteiger partial charge is 0.0126 e. The van der Waals surface area contributed by atoms with E-state index in [1.807, 2.05) is 12.2 Å². The second-order valence-corrected chi connectivity index (χ2v) is 3.80. The average molecular weight is 200 g/mol. The first kappa shape index (κ1) is 11.8. The van der Waals surface area contributed by atoms with Crippen LogP contribution in [0, 0.1) is 0 Å². The highest BCUT2D eigenvalue weighted by Crippen LogP contribution is 2.27. The molecule has 0 unspecified atom stereocenters. The third-order valence-electron chi connectivity index (χ3n) is 2.77. The fraction of sp³-hybridized carbons (Fsp3) is 0.333. The van der Waals surface area contributed by atoms with Crippen molar-refractivity contribution >= 4 is 0 Å². The summed E-state index contributed by atoms with van der Waals surface area (Å²) in [5.41, 5.74) is 4.36. The van der Waals surface area contributed by atoms with Crippen LogP contribution in [0.25, 0.3) is 0 Å². The van der Waals surface area contributed by atoms with Gasteiger partial charge in [-0.3, -0.25) is 0 Å². The topological polar surface area (TPSA) is 0 Å². The van der Waals surface area contributed by atoms with Crippen molar-refractivity contribution in [2.24, 2.45) is 0 Å². The van der Waals surface area contributed by atoms with Crippen molar-refractivity contribution in [1.29, 1.82) is 0 Å². The van der Waals surface area contributed by atoms with Gasteiger partial charge >= 0.3 is 0 Å². The molecule has 0 atom stereocenters. The fourth-order valence-corrected chi connectivity index (χ4v) is 1.80. The molecule has 0 N–H and O–H groups in total. The van der Waals surface area contributed by atoms with Gasteiger partial charge in [-0.1, -0.05) is 48.6 Å². The molecule has 0 bridgehead atoms. The minimum absolute atomic E-state index is 1.05. The molecule has 0 aromatic rings. The molecule has 0 fully saturated rings. The number of rotatable bonds is 4. The first-order chi connectivity index (χ1) is 7.29. The Bertz CT molecular complexity index is 335. The van der Waals surface area contributed by atoms with Gasteiger partial charge in [0.15, 0.2) is 0 Å². The maximum Gasteiger partial charge on any atom is -0.0126 e. The highest BCUT2D eigenvalue weighted by atomic mass is 14.1. The Hall–Kier alpha value is -1.30. The monoisotopic (exact) mass is 200 g/mol. The summed E-state index contributed by atoms with van der Waals surface area (Å²) in [7, 11) is 0. The third kappa shape index (κ3) is 3.39. The summed E-state index contributed by atoms with van der Waals surface area (Å²) >= 11 is 0. The lowest BCUT2D eigenvalue weighted by molar-refractivity contribution is 0.905. The quantitative estimate of drug-likeness (QED) is 0.575. The van der Waals surface area contributed by atoms with Gasteiger partial charge in [0.2, 0.25) is 0 Å². The normalized spacial score (nSPS) is 17.6. The maximum absolute atomic E-state index is 3.69. The van der Waals surface area contributed by atoms with E-state index >= 15 is 0 Å². The predicted molar refractivity (Wildman–Crippen MR) is 68.8 cm³/mol. The first-order valence-corrected chi connectivity index (χ1v) is 5.59. The summed E-state index contributed by atoms with van der Waals surface area (Å²) in [6.07, 6.45) is 16.2. The van der Waals surface area contributed by atoms with E-state index in [4.69, 9.17) is 0 Å². The largest absolute Gasteiger partial charge is 0.0991 e. The molecule has 0 spiro atoms. The van der Waals surface area contributed by atoms with E-state index in [9.17, 15) is 0 Å². The number of hydrogen-bond acceptors (Lipinski definition) is 0. The van der Waals surface area contributed by atoms with Crippen LogP contribution in [0.3, 0.4) is 0 Å². The van der Waals surface area contributed by atoms with Crippen LogP contribution in [0.1, 0.15) is 33.1 Å². The minimum atomic E-state index is 1.05. The van der Waals surface area contributed by atoms with Crippen molar-refractivity contribution in [2.75, 3.05) is 0 Å². The zero-order valence-electron chi connectivity index (χ0n) is 9.79. The van der Waals surface area contributed by atoms with Crippen molar-refractivity contribution in [2.45, 2.75) is 33.1 Å². The van der Waals surface area contributed by atoms with Crippen molar-refractivity contribution in [1.82, 2.24) is 0 Å². The van der Waals surface area contributed by atoms with Crippen LogP contribution in [0.2, 0.25) is 0 Å². The highest BCUT2D eigenvalue weighted by Gasteiger charge is 2.07. The number of hydrogen-bond donors (Lipinski definition) is 0. The van der Waals surface area contributed by atoms with E-state index in [2.05, 4.69) is 44.7 Å². The van der Waals surface area contributed by atoms with Crippen molar-refractivity contribution in [3.05, 3.63) is 59.8 Å². The second kappa shape index (κ2) is 6.23. The Kier molecular flexibility index (Phi) is 4.89. The zero-order valence-corrected chi connectivity index (χ0v) is 9.79. The fourth-order valence-electron chi connectivity index (χ4n) is 1.80. The lowest BCUT2D eigenvalue weighted by Gasteiger charge is -2.15. The molecule has 0 saturated carbocycles. The predicted octanol–water partition coefficient (Wildman–Crippen LogP) is 4.73. The minimum Gasteiger partial charge on any atom is -0.0991 e. The van der Waals surface area contributed by atoms with Crippen molar-refractivity contribution in [3.8, 4) is 0 Å². The third-order valence-corrected chi connectivity index (χ3v) is 2.77. The summed E-state index contributed by atoms with van der Waals surface area (Å²) in [4.78, 5) is 0. The van der Waals surface area contributed by atoms with Crippen LogP contribution in [0.5, 0.6) is 0 Å². The molecule has 15 heavy (non-hydrogen) atoms. The molecule has 1 aliphatic carbocycles. The number of allylic oxidation sites excluding steroid dienone is 9. The molecular weight excluding hydrogens is 180 g/mol. The van der Waals surface area contributed by atoms with E-state index in [-0.39, 0.29) is 0 Å². The van der Waals surface area contributed by atoms with Crippen LogP contribution in [-0.2, 0) is 0 Å². The van der Waals surface area contributed by atoms with Crippen LogP contribution in [0.15, 0.2) is 59.8 Å². The van der Waals surface area contributed by atoms with Crippen LogP contribution < -0.4 is 0 Å². The molecule has 0 amide bonds. The Morgan fingerprint density at radius 1 is 1.53 bits per heavy atom. The molecule has 0 aromatic carbocycles. The summed E-state index contributed by atoms with van der Waals surface area (Å²) < 4.78 is 0. The molecule has 0 radical (unpaired) electrons. The Labute approximate surface area is 93.4 Å². The van der Waals surface area contributed by atoms with Crippen molar-refractivity contribution < 1.29 is 0 Å². The van der Waals surface area contributed by atoms with Gasteiger partial charge in [0.05, 0.1) is 0 Å². The van der Waals surface area contributed by atoms with Gasteiger partial charge < -0.3 is 0 Å². The van der Waals surface area contributed by atoms with Gasteiger partial charge in [0.1, 0.15) is 0 Å². The van der Waals surface area contributed by atoms with E-state index in [0.29, 0.717) is 0 Å². The SMILES string of the molecule is C=CC=CCC1=C(C(C)=CC)C=CCC1. The zero-order chi connectivity index (χ0) is 11.1. The Morgan fingerprint density at radius 2 is 2.33 bits per heavy atom.